The summed E-state index contributed by atoms with van der Waals surface area (Å²) >= 11 is 0. The fraction of sp³-hybridized carbons (Fsp3) is 0.182. The molecule has 0 spiro atoms. The lowest BCUT2D eigenvalue weighted by Gasteiger charge is -2.05. The van der Waals surface area contributed by atoms with Gasteiger partial charge in [-0.3, -0.25) is 4.79 Å². The summed E-state index contributed by atoms with van der Waals surface area (Å²) in [6.07, 6.45) is -3.52. The third-order valence-electron chi connectivity index (χ3n) is 1.88. The van der Waals surface area contributed by atoms with Crippen molar-refractivity contribution < 1.29 is 18.0 Å². The number of halogens is 3. The van der Waals surface area contributed by atoms with E-state index in [1.165, 1.54) is 18.3 Å². The summed E-state index contributed by atoms with van der Waals surface area (Å²) in [4.78, 5) is 10.8. The van der Waals surface area contributed by atoms with E-state index in [1.54, 1.807) is 6.07 Å². The number of amides is 1. The number of hydrogen-bond acceptors (Lipinski definition) is 3. The third kappa shape index (κ3) is 4.25. The number of nitriles is 1. The fourth-order valence-corrected chi connectivity index (χ4v) is 1.05. The number of carbonyl (C=O) groups is 1. The normalized spacial score (nSPS) is 11.2. The number of hydrogen-bond donors (Lipinski definition) is 1. The Morgan fingerprint density at radius 3 is 2.50 bits per heavy atom. The van der Waals surface area contributed by atoms with Crippen LogP contribution in [0.4, 0.5) is 13.2 Å². The van der Waals surface area contributed by atoms with Crippen molar-refractivity contribution in [3.8, 4) is 6.07 Å². The molecule has 4 nitrogen and oxygen atoms in total. The lowest BCUT2D eigenvalue weighted by Crippen LogP contribution is -2.16. The second kappa shape index (κ2) is 5.82. The molecule has 0 atom stereocenters. The lowest BCUT2D eigenvalue weighted by molar-refractivity contribution is -0.137. The average Bonchev–Trinajstić information content (AvgIpc) is 2.29. The van der Waals surface area contributed by atoms with Gasteiger partial charge in [0.2, 0.25) is 0 Å². The van der Waals surface area contributed by atoms with Crippen molar-refractivity contribution in [3.63, 3.8) is 0 Å². The van der Waals surface area contributed by atoms with Crippen molar-refractivity contribution in [1.82, 2.24) is 5.43 Å². The maximum atomic E-state index is 12.2. The largest absolute Gasteiger partial charge is 0.416 e. The molecule has 0 aliphatic carbocycles. The Bertz CT molecular complexity index is 486. The standard InChI is InChI=1S/C11H8F3N3O/c12-11(13,14)9-3-1-8(2-4-9)7-16-17-10(18)5-6-15/h1-4,7H,5H2,(H,17,18). The Morgan fingerprint density at radius 1 is 1.39 bits per heavy atom. The average molecular weight is 255 g/mol. The minimum absolute atomic E-state index is 0.329. The SMILES string of the molecule is N#CCC(=O)NN=Cc1ccc(C(F)(F)F)cc1. The van der Waals surface area contributed by atoms with Crippen molar-refractivity contribution in [2.45, 2.75) is 12.6 Å². The van der Waals surface area contributed by atoms with Crippen molar-refractivity contribution in [2.24, 2.45) is 5.10 Å². The monoisotopic (exact) mass is 255 g/mol. The van der Waals surface area contributed by atoms with Crippen LogP contribution in [0, 0.1) is 11.3 Å². The Morgan fingerprint density at radius 2 is 2.00 bits per heavy atom. The van der Waals surface area contributed by atoms with Gasteiger partial charge in [0.15, 0.2) is 0 Å². The first-order valence-corrected chi connectivity index (χ1v) is 4.79. The molecular weight excluding hydrogens is 247 g/mol. The van der Waals surface area contributed by atoms with Crippen LogP contribution < -0.4 is 5.43 Å². The van der Waals surface area contributed by atoms with E-state index in [-0.39, 0.29) is 6.42 Å². The van der Waals surface area contributed by atoms with Crippen molar-refractivity contribution in [1.29, 1.82) is 5.26 Å². The fourth-order valence-electron chi connectivity index (χ4n) is 1.05. The molecule has 0 fully saturated rings. The Hall–Kier alpha value is -2.36. The Balaban J connectivity index is 2.62. The van der Waals surface area contributed by atoms with Crippen molar-refractivity contribution in [3.05, 3.63) is 35.4 Å². The zero-order chi connectivity index (χ0) is 13.6. The Labute approximate surface area is 101 Å². The van der Waals surface area contributed by atoms with E-state index in [4.69, 9.17) is 5.26 Å². The maximum Gasteiger partial charge on any atom is 0.416 e. The van der Waals surface area contributed by atoms with E-state index >= 15 is 0 Å². The first-order valence-electron chi connectivity index (χ1n) is 4.79. The maximum absolute atomic E-state index is 12.2. The molecule has 0 heterocycles. The molecule has 1 N–H and O–H groups in total. The smallest absolute Gasteiger partial charge is 0.272 e. The van der Waals surface area contributed by atoms with Crippen LogP contribution in [0.25, 0.3) is 0 Å². The van der Waals surface area contributed by atoms with E-state index in [2.05, 4.69) is 10.5 Å². The molecule has 0 radical (unpaired) electrons. The highest BCUT2D eigenvalue weighted by Crippen LogP contribution is 2.28. The summed E-state index contributed by atoms with van der Waals surface area (Å²) in [5, 5.41) is 11.7. The van der Waals surface area contributed by atoms with E-state index in [9.17, 15) is 18.0 Å². The van der Waals surface area contributed by atoms with Crippen molar-refractivity contribution in [2.75, 3.05) is 0 Å². The molecule has 18 heavy (non-hydrogen) atoms. The summed E-state index contributed by atoms with van der Waals surface area (Å²) in [5.74, 6) is -0.583. The number of carbonyl (C=O) groups excluding carboxylic acids is 1. The van der Waals surface area contributed by atoms with Gasteiger partial charge < -0.3 is 0 Å². The highest BCUT2D eigenvalue weighted by atomic mass is 19.4. The number of rotatable bonds is 3. The first kappa shape index (κ1) is 13.7. The summed E-state index contributed by atoms with van der Waals surface area (Å²) in [6, 6.07) is 5.91. The zero-order valence-corrected chi connectivity index (χ0v) is 9.03. The van der Waals surface area contributed by atoms with Crippen LogP contribution in [0.15, 0.2) is 29.4 Å². The van der Waals surface area contributed by atoms with E-state index in [1.807, 2.05) is 0 Å². The minimum Gasteiger partial charge on any atom is -0.272 e. The second-order valence-electron chi connectivity index (χ2n) is 3.25. The Kier molecular flexibility index (Phi) is 4.43. The molecule has 1 rings (SSSR count). The number of alkyl halides is 3. The molecule has 0 aliphatic heterocycles. The molecule has 7 heteroatoms. The highest BCUT2D eigenvalue weighted by molar-refractivity contribution is 5.83. The minimum atomic E-state index is -4.38. The molecule has 0 saturated heterocycles. The molecule has 0 bridgehead atoms. The second-order valence-corrected chi connectivity index (χ2v) is 3.25. The molecule has 0 aromatic heterocycles. The van der Waals surface area contributed by atoms with E-state index in [0.717, 1.165) is 12.1 Å². The summed E-state index contributed by atoms with van der Waals surface area (Å²) < 4.78 is 36.7. The van der Waals surface area contributed by atoms with Crippen LogP contribution in [0.5, 0.6) is 0 Å². The molecule has 1 aromatic carbocycles. The summed E-state index contributed by atoms with van der Waals surface area (Å²) in [7, 11) is 0. The van der Waals surface area contributed by atoms with Crippen LogP contribution in [0.2, 0.25) is 0 Å². The van der Waals surface area contributed by atoms with Crippen LogP contribution in [0.3, 0.4) is 0 Å². The highest BCUT2D eigenvalue weighted by Gasteiger charge is 2.29. The van der Waals surface area contributed by atoms with Gasteiger partial charge in [-0.1, -0.05) is 12.1 Å². The predicted molar refractivity (Wildman–Crippen MR) is 57.4 cm³/mol. The van der Waals surface area contributed by atoms with Crippen molar-refractivity contribution >= 4 is 12.1 Å². The zero-order valence-electron chi connectivity index (χ0n) is 9.03. The summed E-state index contributed by atoms with van der Waals surface area (Å²) in [5.41, 5.74) is 1.71. The summed E-state index contributed by atoms with van der Waals surface area (Å²) in [6.45, 7) is 0. The molecule has 0 unspecified atom stereocenters. The number of hydrazone groups is 1. The van der Waals surface area contributed by atoms with Crippen LogP contribution in [-0.4, -0.2) is 12.1 Å². The van der Waals surface area contributed by atoms with Gasteiger partial charge in [0.1, 0.15) is 6.42 Å². The third-order valence-corrected chi connectivity index (χ3v) is 1.88. The van der Waals surface area contributed by atoms with Gasteiger partial charge in [-0.15, -0.1) is 0 Å². The molecule has 0 saturated carbocycles. The van der Waals surface area contributed by atoms with Gasteiger partial charge in [-0.05, 0) is 17.7 Å². The molecule has 1 amide bonds. The molecule has 0 aliphatic rings. The van der Waals surface area contributed by atoms with Gasteiger partial charge in [0.05, 0.1) is 17.8 Å². The predicted octanol–water partition coefficient (Wildman–Crippen LogP) is 2.07. The van der Waals surface area contributed by atoms with Gasteiger partial charge in [0.25, 0.3) is 5.91 Å². The number of nitrogens with one attached hydrogen (secondary N) is 1. The molecular formula is C11H8F3N3O. The topological polar surface area (TPSA) is 65.2 Å². The van der Waals surface area contributed by atoms with Gasteiger partial charge >= 0.3 is 6.18 Å². The van der Waals surface area contributed by atoms with E-state index < -0.39 is 17.6 Å². The lowest BCUT2D eigenvalue weighted by atomic mass is 10.1. The van der Waals surface area contributed by atoms with Crippen LogP contribution in [-0.2, 0) is 11.0 Å². The van der Waals surface area contributed by atoms with Crippen LogP contribution >= 0.6 is 0 Å². The number of nitrogens with zero attached hydrogens (tertiary/aromatic N) is 2. The van der Waals surface area contributed by atoms with Gasteiger partial charge in [0, 0.05) is 0 Å². The van der Waals surface area contributed by atoms with Gasteiger partial charge in [-0.2, -0.15) is 23.5 Å². The van der Waals surface area contributed by atoms with Gasteiger partial charge in [-0.25, -0.2) is 5.43 Å². The molecule has 1 aromatic rings. The molecule has 94 valence electrons. The van der Waals surface area contributed by atoms with Crippen LogP contribution in [0.1, 0.15) is 17.5 Å². The first-order chi connectivity index (χ1) is 8.43. The van der Waals surface area contributed by atoms with E-state index in [0.29, 0.717) is 5.56 Å². The number of benzene rings is 1. The quantitative estimate of drug-likeness (QED) is 0.663.